The highest BCUT2D eigenvalue weighted by atomic mass is 32.1. The number of thiophene rings is 1. The summed E-state index contributed by atoms with van der Waals surface area (Å²) in [6.07, 6.45) is 8.52. The van der Waals surface area contributed by atoms with Crippen molar-refractivity contribution in [3.05, 3.63) is 51.9 Å². The van der Waals surface area contributed by atoms with Crippen molar-refractivity contribution in [3.63, 3.8) is 0 Å². The van der Waals surface area contributed by atoms with E-state index in [1.807, 2.05) is 29.8 Å². The van der Waals surface area contributed by atoms with E-state index in [1.165, 1.54) is 20.9 Å². The first-order valence-corrected chi connectivity index (χ1v) is 6.38. The minimum Gasteiger partial charge on any atom is -0.286 e. The molecule has 17 heavy (non-hydrogen) atoms. The Labute approximate surface area is 106 Å². The van der Waals surface area contributed by atoms with E-state index in [0.717, 1.165) is 12.0 Å². The Morgan fingerprint density at radius 2 is 2.29 bits per heavy atom. The summed E-state index contributed by atoms with van der Waals surface area (Å²) in [5.74, 6) is 0. The molecular formula is C14H16N2S. The summed E-state index contributed by atoms with van der Waals surface area (Å²) < 4.78 is 0. The van der Waals surface area contributed by atoms with E-state index in [0.29, 0.717) is 0 Å². The molecule has 0 fully saturated rings. The molecule has 0 aromatic carbocycles. The minimum absolute atomic E-state index is 0.840. The Balaban J connectivity index is 2.14. The molecule has 1 aliphatic rings. The summed E-state index contributed by atoms with van der Waals surface area (Å²) in [4.78, 5) is 2.68. The molecule has 1 aliphatic heterocycles. The fourth-order valence-electron chi connectivity index (χ4n) is 1.85. The van der Waals surface area contributed by atoms with Gasteiger partial charge in [-0.1, -0.05) is 12.7 Å². The number of hydrogen-bond donors (Lipinski definition) is 1. The quantitative estimate of drug-likeness (QED) is 0.859. The molecule has 2 nitrogen and oxygen atoms in total. The van der Waals surface area contributed by atoms with Crippen molar-refractivity contribution in [1.29, 1.82) is 0 Å². The summed E-state index contributed by atoms with van der Waals surface area (Å²) in [5, 5.41) is 4.06. The van der Waals surface area contributed by atoms with Crippen molar-refractivity contribution < 1.29 is 0 Å². The number of nitrogens with one attached hydrogen (secondary N) is 1. The predicted octanol–water partition coefficient (Wildman–Crippen LogP) is 3.80. The molecule has 0 atom stereocenters. The molecule has 88 valence electrons. The second-order valence-corrected chi connectivity index (χ2v) is 5.56. The van der Waals surface area contributed by atoms with Crippen LogP contribution < -0.4 is 5.43 Å². The molecule has 0 saturated carbocycles. The van der Waals surface area contributed by atoms with E-state index in [-0.39, 0.29) is 0 Å². The SMILES string of the molecule is C=C(CC1=CC=CNN=C1)c1cc(C)sc1C. The second kappa shape index (κ2) is 5.15. The van der Waals surface area contributed by atoms with Gasteiger partial charge in [0.2, 0.25) is 0 Å². The molecule has 2 rings (SSSR count). The third-order valence-electron chi connectivity index (χ3n) is 2.63. The van der Waals surface area contributed by atoms with Gasteiger partial charge in [-0.05, 0) is 49.1 Å². The fraction of sp³-hybridized carbons (Fsp3) is 0.214. The van der Waals surface area contributed by atoms with Crippen molar-refractivity contribution in [2.24, 2.45) is 5.10 Å². The smallest absolute Gasteiger partial charge is 0.0507 e. The standard InChI is InChI=1S/C14H16N2S/c1-10(14-8-11(2)17-12(14)3)7-13-5-4-6-15-16-9-13/h4-6,8-9,15H,1,7H2,2-3H3. The number of rotatable bonds is 3. The zero-order chi connectivity index (χ0) is 12.3. The number of nitrogens with zero attached hydrogens (tertiary/aromatic N) is 1. The summed E-state index contributed by atoms with van der Waals surface area (Å²) in [6, 6.07) is 2.21. The van der Waals surface area contributed by atoms with Gasteiger partial charge in [-0.25, -0.2) is 0 Å². The van der Waals surface area contributed by atoms with Crippen LogP contribution >= 0.6 is 11.3 Å². The summed E-state index contributed by atoms with van der Waals surface area (Å²) in [5.41, 5.74) is 6.41. The normalized spacial score (nSPS) is 14.1. The molecule has 0 unspecified atom stereocenters. The van der Waals surface area contributed by atoms with Crippen LogP contribution in [0.4, 0.5) is 0 Å². The van der Waals surface area contributed by atoms with Crippen molar-refractivity contribution >= 4 is 23.1 Å². The lowest BCUT2D eigenvalue weighted by atomic mass is 10.0. The Morgan fingerprint density at radius 3 is 3.00 bits per heavy atom. The molecule has 2 heterocycles. The average molecular weight is 244 g/mol. The molecule has 0 radical (unpaired) electrons. The number of hydrazone groups is 1. The molecule has 0 bridgehead atoms. The Hall–Kier alpha value is -1.61. The lowest BCUT2D eigenvalue weighted by molar-refractivity contribution is 0.978. The zero-order valence-corrected chi connectivity index (χ0v) is 11.0. The van der Waals surface area contributed by atoms with Gasteiger partial charge in [0.15, 0.2) is 0 Å². The van der Waals surface area contributed by atoms with Gasteiger partial charge in [-0.15, -0.1) is 11.3 Å². The molecule has 0 saturated heterocycles. The summed E-state index contributed by atoms with van der Waals surface area (Å²) in [7, 11) is 0. The zero-order valence-electron chi connectivity index (χ0n) is 10.2. The van der Waals surface area contributed by atoms with E-state index in [2.05, 4.69) is 43.1 Å². The fourth-order valence-corrected chi connectivity index (χ4v) is 2.82. The maximum Gasteiger partial charge on any atom is 0.0507 e. The molecule has 3 heteroatoms. The van der Waals surface area contributed by atoms with Crippen molar-refractivity contribution in [2.75, 3.05) is 0 Å². The van der Waals surface area contributed by atoms with Gasteiger partial charge in [0.05, 0.1) is 6.21 Å². The number of aryl methyl sites for hydroxylation is 2. The monoisotopic (exact) mass is 244 g/mol. The maximum absolute atomic E-state index is 4.18. The molecule has 0 spiro atoms. The van der Waals surface area contributed by atoms with E-state index < -0.39 is 0 Å². The number of allylic oxidation sites excluding steroid dienone is 4. The van der Waals surface area contributed by atoms with Gasteiger partial charge >= 0.3 is 0 Å². The van der Waals surface area contributed by atoms with Gasteiger partial charge in [0, 0.05) is 16.0 Å². The van der Waals surface area contributed by atoms with Gasteiger partial charge < -0.3 is 0 Å². The molecule has 1 N–H and O–H groups in total. The topological polar surface area (TPSA) is 24.4 Å². The van der Waals surface area contributed by atoms with E-state index >= 15 is 0 Å². The van der Waals surface area contributed by atoms with Gasteiger partial charge in [0.25, 0.3) is 0 Å². The minimum atomic E-state index is 0.840. The van der Waals surface area contributed by atoms with Crippen LogP contribution in [0.3, 0.4) is 0 Å². The highest BCUT2D eigenvalue weighted by Crippen LogP contribution is 2.29. The Bertz CT molecular complexity index is 518. The maximum atomic E-state index is 4.18. The van der Waals surface area contributed by atoms with Crippen LogP contribution in [0.2, 0.25) is 0 Å². The Kier molecular flexibility index (Phi) is 3.59. The van der Waals surface area contributed by atoms with Crippen molar-refractivity contribution in [2.45, 2.75) is 20.3 Å². The van der Waals surface area contributed by atoms with Crippen LogP contribution in [0, 0.1) is 13.8 Å². The lowest BCUT2D eigenvalue weighted by Crippen LogP contribution is -1.93. The molecule has 0 aliphatic carbocycles. The van der Waals surface area contributed by atoms with E-state index in [9.17, 15) is 0 Å². The molecule has 1 aromatic heterocycles. The lowest BCUT2D eigenvalue weighted by Gasteiger charge is -2.05. The van der Waals surface area contributed by atoms with Crippen molar-refractivity contribution in [3.8, 4) is 0 Å². The van der Waals surface area contributed by atoms with Crippen LogP contribution in [0.1, 0.15) is 21.7 Å². The first-order chi connectivity index (χ1) is 8.16. The predicted molar refractivity (Wildman–Crippen MR) is 76.3 cm³/mol. The first-order valence-electron chi connectivity index (χ1n) is 5.56. The van der Waals surface area contributed by atoms with E-state index in [1.54, 1.807) is 0 Å². The molecule has 0 amide bonds. The third kappa shape index (κ3) is 2.94. The van der Waals surface area contributed by atoms with Crippen LogP contribution in [0.25, 0.3) is 5.57 Å². The highest BCUT2D eigenvalue weighted by molar-refractivity contribution is 7.12. The Morgan fingerprint density at radius 1 is 1.47 bits per heavy atom. The largest absolute Gasteiger partial charge is 0.286 e. The number of hydrogen-bond acceptors (Lipinski definition) is 3. The average Bonchev–Trinajstić information content (AvgIpc) is 2.51. The highest BCUT2D eigenvalue weighted by Gasteiger charge is 2.08. The second-order valence-electron chi connectivity index (χ2n) is 4.10. The first kappa shape index (κ1) is 11.9. The van der Waals surface area contributed by atoms with Gasteiger partial charge in [0.1, 0.15) is 0 Å². The van der Waals surface area contributed by atoms with Crippen LogP contribution in [0.15, 0.2) is 41.7 Å². The summed E-state index contributed by atoms with van der Waals surface area (Å²) in [6.45, 7) is 8.46. The van der Waals surface area contributed by atoms with Crippen molar-refractivity contribution in [1.82, 2.24) is 5.43 Å². The van der Waals surface area contributed by atoms with Crippen LogP contribution in [-0.4, -0.2) is 6.21 Å². The van der Waals surface area contributed by atoms with E-state index in [4.69, 9.17) is 0 Å². The third-order valence-corrected chi connectivity index (χ3v) is 3.59. The van der Waals surface area contributed by atoms with Gasteiger partial charge in [-0.2, -0.15) is 5.10 Å². The van der Waals surface area contributed by atoms with Gasteiger partial charge in [-0.3, -0.25) is 5.43 Å². The molecular weight excluding hydrogens is 228 g/mol. The van der Waals surface area contributed by atoms with Crippen LogP contribution in [-0.2, 0) is 0 Å². The van der Waals surface area contributed by atoms with Crippen LogP contribution in [0.5, 0.6) is 0 Å². The summed E-state index contributed by atoms with van der Waals surface area (Å²) >= 11 is 1.82. The molecule has 1 aromatic rings.